The summed E-state index contributed by atoms with van der Waals surface area (Å²) in [7, 11) is 0. The number of carboxylic acid groups (broad SMARTS) is 1. The number of hydrogen-bond acceptors (Lipinski definition) is 3. The van der Waals surface area contributed by atoms with Crippen molar-refractivity contribution in [1.82, 2.24) is 5.32 Å². The summed E-state index contributed by atoms with van der Waals surface area (Å²) in [5.74, 6) is -0.924. The van der Waals surface area contributed by atoms with Gasteiger partial charge in [-0.3, -0.25) is 4.79 Å². The number of carboxylic acids is 1. The summed E-state index contributed by atoms with van der Waals surface area (Å²) < 4.78 is 40.3. The van der Waals surface area contributed by atoms with E-state index >= 15 is 0 Å². The van der Waals surface area contributed by atoms with E-state index in [1.165, 1.54) is 0 Å². The van der Waals surface area contributed by atoms with Gasteiger partial charge in [0, 0.05) is 6.61 Å². The Balaban J connectivity index is 3.70. The van der Waals surface area contributed by atoms with Crippen LogP contribution in [0.1, 0.15) is 39.5 Å². The van der Waals surface area contributed by atoms with Crippen molar-refractivity contribution in [3.8, 4) is 0 Å². The molecule has 19 heavy (non-hydrogen) atoms. The molecule has 0 amide bonds. The summed E-state index contributed by atoms with van der Waals surface area (Å²) in [6, 6.07) is 0. The van der Waals surface area contributed by atoms with Crippen molar-refractivity contribution in [1.29, 1.82) is 0 Å². The number of halogens is 3. The van der Waals surface area contributed by atoms with E-state index in [0.29, 0.717) is 25.8 Å². The van der Waals surface area contributed by atoms with Crippen molar-refractivity contribution in [3.05, 3.63) is 0 Å². The van der Waals surface area contributed by atoms with Crippen molar-refractivity contribution in [2.75, 3.05) is 19.8 Å². The zero-order chi connectivity index (χ0) is 14.9. The molecule has 0 heterocycles. The lowest BCUT2D eigenvalue weighted by Gasteiger charge is -2.25. The van der Waals surface area contributed by atoms with Gasteiger partial charge in [0.2, 0.25) is 0 Å². The van der Waals surface area contributed by atoms with Gasteiger partial charge in [0.1, 0.15) is 5.54 Å². The van der Waals surface area contributed by atoms with Gasteiger partial charge in [0.05, 0.1) is 13.0 Å². The zero-order valence-corrected chi connectivity index (χ0v) is 11.3. The lowest BCUT2D eigenvalue weighted by molar-refractivity contribution is -0.146. The number of rotatable bonds is 10. The molecule has 0 aromatic heterocycles. The molecule has 114 valence electrons. The van der Waals surface area contributed by atoms with Crippen molar-refractivity contribution in [2.45, 2.75) is 51.2 Å². The molecule has 1 unspecified atom stereocenters. The highest BCUT2D eigenvalue weighted by atomic mass is 19.4. The monoisotopic (exact) mass is 285 g/mol. The van der Waals surface area contributed by atoms with Crippen LogP contribution in [0.4, 0.5) is 13.2 Å². The normalized spacial score (nSPS) is 15.2. The number of ether oxygens (including phenoxy) is 1. The van der Waals surface area contributed by atoms with Crippen LogP contribution in [0.25, 0.3) is 0 Å². The van der Waals surface area contributed by atoms with Crippen molar-refractivity contribution in [2.24, 2.45) is 0 Å². The van der Waals surface area contributed by atoms with Crippen molar-refractivity contribution in [3.63, 3.8) is 0 Å². The molecule has 0 aromatic carbocycles. The van der Waals surface area contributed by atoms with Crippen LogP contribution in [0.15, 0.2) is 0 Å². The summed E-state index contributed by atoms with van der Waals surface area (Å²) in [5, 5.41) is 12.0. The average molecular weight is 285 g/mol. The first-order chi connectivity index (χ1) is 8.71. The fraction of sp³-hybridized carbons (Fsp3) is 0.917. The van der Waals surface area contributed by atoms with Gasteiger partial charge in [-0.05, 0) is 32.7 Å². The molecule has 0 radical (unpaired) electrons. The Hall–Kier alpha value is -0.820. The summed E-state index contributed by atoms with van der Waals surface area (Å²) in [5.41, 5.74) is -0.985. The van der Waals surface area contributed by atoms with Gasteiger partial charge in [-0.1, -0.05) is 6.92 Å². The fourth-order valence-corrected chi connectivity index (χ4v) is 1.63. The fourth-order valence-electron chi connectivity index (χ4n) is 1.63. The molecule has 2 N–H and O–H groups in total. The molecule has 0 aliphatic heterocycles. The SMILES string of the molecule is CCNC(C)(CCCCOCCC(F)(F)F)C(=O)O. The molecule has 0 aliphatic rings. The van der Waals surface area contributed by atoms with Gasteiger partial charge in [-0.25, -0.2) is 0 Å². The molecule has 0 aliphatic carbocycles. The first-order valence-corrected chi connectivity index (χ1v) is 6.34. The minimum absolute atomic E-state index is 0.220. The van der Waals surface area contributed by atoms with Gasteiger partial charge >= 0.3 is 12.1 Å². The van der Waals surface area contributed by atoms with Gasteiger partial charge in [-0.15, -0.1) is 0 Å². The van der Waals surface area contributed by atoms with Gasteiger partial charge in [0.25, 0.3) is 0 Å². The van der Waals surface area contributed by atoms with Gasteiger partial charge in [0.15, 0.2) is 0 Å². The van der Waals surface area contributed by atoms with E-state index in [4.69, 9.17) is 9.84 Å². The Bertz CT molecular complexity index is 271. The molecule has 0 saturated heterocycles. The maximum Gasteiger partial charge on any atom is 0.391 e. The van der Waals surface area contributed by atoms with E-state index in [0.717, 1.165) is 0 Å². The highest BCUT2D eigenvalue weighted by Gasteiger charge is 2.31. The summed E-state index contributed by atoms with van der Waals surface area (Å²) in [4.78, 5) is 11.1. The summed E-state index contributed by atoms with van der Waals surface area (Å²) >= 11 is 0. The Labute approximate surface area is 111 Å². The van der Waals surface area contributed by atoms with Crippen LogP contribution < -0.4 is 5.32 Å². The molecular weight excluding hydrogens is 263 g/mol. The van der Waals surface area contributed by atoms with Crippen molar-refractivity contribution < 1.29 is 27.8 Å². The van der Waals surface area contributed by atoms with Crippen molar-refractivity contribution >= 4 is 5.97 Å². The second-order valence-corrected chi connectivity index (χ2v) is 4.60. The maximum absolute atomic E-state index is 11.8. The molecule has 0 spiro atoms. The standard InChI is InChI=1S/C12H22F3NO3/c1-3-16-11(2,10(17)18)6-4-5-8-19-9-7-12(13,14)15/h16H,3-9H2,1-2H3,(H,17,18). The minimum Gasteiger partial charge on any atom is -0.480 e. The minimum atomic E-state index is -4.19. The predicted octanol–water partition coefficient (Wildman–Crippen LogP) is 2.58. The molecule has 4 nitrogen and oxygen atoms in total. The second-order valence-electron chi connectivity index (χ2n) is 4.60. The molecule has 0 fully saturated rings. The average Bonchev–Trinajstić information content (AvgIpc) is 2.26. The molecule has 0 aromatic rings. The van der Waals surface area contributed by atoms with E-state index in [1.807, 2.05) is 6.92 Å². The number of aliphatic carboxylic acids is 1. The van der Waals surface area contributed by atoms with Crippen LogP contribution in [-0.2, 0) is 9.53 Å². The first-order valence-electron chi connectivity index (χ1n) is 6.34. The maximum atomic E-state index is 11.8. The van der Waals surface area contributed by atoms with Gasteiger partial charge < -0.3 is 15.2 Å². The Kier molecular flexibility index (Phi) is 8.01. The molecular formula is C12H22F3NO3. The van der Waals surface area contributed by atoms with Crippen LogP contribution in [0.3, 0.4) is 0 Å². The highest BCUT2D eigenvalue weighted by molar-refractivity contribution is 5.78. The van der Waals surface area contributed by atoms with Gasteiger partial charge in [-0.2, -0.15) is 13.2 Å². The summed E-state index contributed by atoms with van der Waals surface area (Å²) in [6.45, 7) is 3.85. The number of nitrogens with one attached hydrogen (secondary N) is 1. The van der Waals surface area contributed by atoms with E-state index < -0.39 is 24.1 Å². The molecule has 7 heteroatoms. The lowest BCUT2D eigenvalue weighted by atomic mass is 9.95. The number of hydrogen-bond donors (Lipinski definition) is 2. The third-order valence-corrected chi connectivity index (χ3v) is 2.78. The smallest absolute Gasteiger partial charge is 0.391 e. The topological polar surface area (TPSA) is 58.6 Å². The predicted molar refractivity (Wildman–Crippen MR) is 65.1 cm³/mol. The Morgan fingerprint density at radius 1 is 1.21 bits per heavy atom. The number of alkyl halides is 3. The number of unbranched alkanes of at least 4 members (excludes halogenated alkanes) is 1. The quantitative estimate of drug-likeness (QED) is 0.606. The Morgan fingerprint density at radius 2 is 1.84 bits per heavy atom. The van der Waals surface area contributed by atoms with E-state index in [2.05, 4.69) is 5.32 Å². The summed E-state index contributed by atoms with van der Waals surface area (Å²) in [6.07, 6.45) is -3.59. The molecule has 0 saturated carbocycles. The zero-order valence-electron chi connectivity index (χ0n) is 11.3. The van der Waals surface area contributed by atoms with Crippen LogP contribution in [0, 0.1) is 0 Å². The Morgan fingerprint density at radius 3 is 2.32 bits per heavy atom. The third kappa shape index (κ3) is 8.83. The third-order valence-electron chi connectivity index (χ3n) is 2.78. The van der Waals surface area contributed by atoms with Crippen LogP contribution in [0.2, 0.25) is 0 Å². The second kappa shape index (κ2) is 8.37. The first kappa shape index (κ1) is 18.2. The number of carbonyl (C=O) groups is 1. The van der Waals surface area contributed by atoms with E-state index in [-0.39, 0.29) is 13.2 Å². The lowest BCUT2D eigenvalue weighted by Crippen LogP contribution is -2.49. The number of likely N-dealkylation sites (N-methyl/N-ethyl adjacent to an activating group) is 1. The molecule has 0 bridgehead atoms. The highest BCUT2D eigenvalue weighted by Crippen LogP contribution is 2.19. The van der Waals surface area contributed by atoms with Crippen LogP contribution >= 0.6 is 0 Å². The molecule has 1 atom stereocenters. The van der Waals surface area contributed by atoms with E-state index in [9.17, 15) is 18.0 Å². The van der Waals surface area contributed by atoms with Crippen LogP contribution in [-0.4, -0.2) is 42.5 Å². The van der Waals surface area contributed by atoms with E-state index in [1.54, 1.807) is 6.92 Å². The largest absolute Gasteiger partial charge is 0.480 e. The van der Waals surface area contributed by atoms with Crippen LogP contribution in [0.5, 0.6) is 0 Å². The molecule has 0 rings (SSSR count).